The Morgan fingerprint density at radius 3 is 2.42 bits per heavy atom. The van der Waals surface area contributed by atoms with Gasteiger partial charge in [0.2, 0.25) is 5.91 Å². The predicted molar refractivity (Wildman–Crippen MR) is 80.9 cm³/mol. The number of benzene rings is 2. The Morgan fingerprint density at radius 1 is 1.11 bits per heavy atom. The van der Waals surface area contributed by atoms with Gasteiger partial charge in [0, 0.05) is 4.47 Å². The average Bonchev–Trinajstić information content (AvgIpc) is 2.42. The Bertz CT molecular complexity index is 557. The maximum atomic E-state index is 12.0. The Kier molecular flexibility index (Phi) is 4.71. The summed E-state index contributed by atoms with van der Waals surface area (Å²) in [6.07, 6.45) is 0.525. The van der Waals surface area contributed by atoms with E-state index in [1.54, 1.807) is 0 Å². The molecule has 0 unspecified atom stereocenters. The second kappa shape index (κ2) is 6.50. The first-order chi connectivity index (χ1) is 9.16. The first kappa shape index (κ1) is 13.8. The van der Waals surface area contributed by atoms with Crippen LogP contribution in [-0.4, -0.2) is 11.9 Å². The summed E-state index contributed by atoms with van der Waals surface area (Å²) in [6, 6.07) is 16.6. The molecule has 0 heterocycles. The molecule has 1 amide bonds. The lowest BCUT2D eigenvalue weighted by molar-refractivity contribution is -0.117. The van der Waals surface area contributed by atoms with Crippen LogP contribution >= 0.6 is 15.9 Å². The van der Waals surface area contributed by atoms with Crippen molar-refractivity contribution in [3.63, 3.8) is 0 Å². The smallest absolute Gasteiger partial charge is 0.241 e. The molecule has 0 saturated carbocycles. The molecule has 0 aliphatic rings. The Hall–Kier alpha value is -1.65. The van der Waals surface area contributed by atoms with Crippen molar-refractivity contribution in [3.05, 3.63) is 64.6 Å². The Morgan fingerprint density at radius 2 is 1.74 bits per heavy atom. The van der Waals surface area contributed by atoms with E-state index in [2.05, 4.69) is 21.2 Å². The molecule has 98 valence electrons. The third-order valence-corrected chi connectivity index (χ3v) is 3.46. The van der Waals surface area contributed by atoms with Crippen LogP contribution in [0.4, 0.5) is 5.69 Å². The van der Waals surface area contributed by atoms with E-state index in [-0.39, 0.29) is 5.91 Å². The van der Waals surface area contributed by atoms with Crippen molar-refractivity contribution in [2.45, 2.75) is 12.5 Å². The molecular weight excluding hydrogens is 304 g/mol. The fraction of sp³-hybridized carbons (Fsp3) is 0.133. The summed E-state index contributed by atoms with van der Waals surface area (Å²) < 4.78 is 0.843. The largest absolute Gasteiger partial charge is 0.324 e. The van der Waals surface area contributed by atoms with E-state index in [1.807, 2.05) is 54.6 Å². The van der Waals surface area contributed by atoms with Crippen molar-refractivity contribution in [1.29, 1.82) is 0 Å². The van der Waals surface area contributed by atoms with Crippen LogP contribution in [0.5, 0.6) is 0 Å². The third-order valence-electron chi connectivity index (χ3n) is 2.77. The van der Waals surface area contributed by atoms with Gasteiger partial charge in [0.05, 0.1) is 11.7 Å². The van der Waals surface area contributed by atoms with Gasteiger partial charge < -0.3 is 11.1 Å². The highest BCUT2D eigenvalue weighted by atomic mass is 79.9. The lowest BCUT2D eigenvalue weighted by Crippen LogP contribution is -2.37. The quantitative estimate of drug-likeness (QED) is 0.910. The topological polar surface area (TPSA) is 55.1 Å². The molecular formula is C15H15BrN2O. The van der Waals surface area contributed by atoms with Crippen molar-refractivity contribution >= 4 is 27.5 Å². The lowest BCUT2D eigenvalue weighted by Gasteiger charge is -2.13. The van der Waals surface area contributed by atoms with E-state index in [1.165, 1.54) is 0 Å². The number of nitrogens with two attached hydrogens (primary N) is 1. The molecule has 0 fully saturated rings. The van der Waals surface area contributed by atoms with Crippen molar-refractivity contribution in [2.24, 2.45) is 5.73 Å². The normalized spacial score (nSPS) is 11.9. The summed E-state index contributed by atoms with van der Waals surface area (Å²) in [5.41, 5.74) is 7.71. The minimum atomic E-state index is -0.561. The summed E-state index contributed by atoms with van der Waals surface area (Å²) in [4.78, 5) is 12.0. The summed E-state index contributed by atoms with van der Waals surface area (Å²) in [5.74, 6) is -0.184. The predicted octanol–water partition coefficient (Wildman–Crippen LogP) is 2.96. The van der Waals surface area contributed by atoms with Crippen LogP contribution in [0.25, 0.3) is 0 Å². The lowest BCUT2D eigenvalue weighted by atomic mass is 10.1. The summed E-state index contributed by atoms with van der Waals surface area (Å²) in [6.45, 7) is 0. The molecule has 0 saturated heterocycles. The fourth-order valence-corrected chi connectivity index (χ4v) is 2.13. The first-order valence-electron chi connectivity index (χ1n) is 6.01. The average molecular weight is 319 g/mol. The fourth-order valence-electron chi connectivity index (χ4n) is 1.75. The SMILES string of the molecule is N[C@@H](Cc1ccccc1)C(=O)Nc1ccccc1Br. The molecule has 0 bridgehead atoms. The monoisotopic (exact) mass is 318 g/mol. The van der Waals surface area contributed by atoms with Gasteiger partial charge in [-0.1, -0.05) is 42.5 Å². The van der Waals surface area contributed by atoms with Crippen LogP contribution < -0.4 is 11.1 Å². The molecule has 2 aromatic carbocycles. The number of carbonyl (C=O) groups is 1. The molecule has 3 N–H and O–H groups in total. The van der Waals surface area contributed by atoms with Crippen LogP contribution in [0.3, 0.4) is 0 Å². The number of amides is 1. The van der Waals surface area contributed by atoms with Crippen LogP contribution in [0, 0.1) is 0 Å². The standard InChI is InChI=1S/C15H15BrN2O/c16-12-8-4-5-9-14(12)18-15(19)13(17)10-11-6-2-1-3-7-11/h1-9,13H,10,17H2,(H,18,19)/t13-/m0/s1. The van der Waals surface area contributed by atoms with E-state index in [4.69, 9.17) is 5.73 Å². The Balaban J connectivity index is 1.99. The van der Waals surface area contributed by atoms with Crippen molar-refractivity contribution in [1.82, 2.24) is 0 Å². The van der Waals surface area contributed by atoms with Gasteiger partial charge in [-0.3, -0.25) is 4.79 Å². The van der Waals surface area contributed by atoms with Crippen LogP contribution in [0.2, 0.25) is 0 Å². The highest BCUT2D eigenvalue weighted by molar-refractivity contribution is 9.10. The number of carbonyl (C=O) groups excluding carboxylic acids is 1. The number of nitrogens with one attached hydrogen (secondary N) is 1. The summed E-state index contributed by atoms with van der Waals surface area (Å²) in [7, 11) is 0. The zero-order chi connectivity index (χ0) is 13.7. The van der Waals surface area contributed by atoms with Gasteiger partial charge >= 0.3 is 0 Å². The molecule has 0 aliphatic carbocycles. The maximum absolute atomic E-state index is 12.0. The van der Waals surface area contributed by atoms with Crippen molar-refractivity contribution in [2.75, 3.05) is 5.32 Å². The van der Waals surface area contributed by atoms with Gasteiger partial charge in [0.1, 0.15) is 0 Å². The number of halogens is 1. The number of para-hydroxylation sites is 1. The minimum absolute atomic E-state index is 0.184. The van der Waals surface area contributed by atoms with E-state index in [0.29, 0.717) is 6.42 Å². The second-order valence-electron chi connectivity index (χ2n) is 4.27. The highest BCUT2D eigenvalue weighted by Crippen LogP contribution is 2.21. The number of rotatable bonds is 4. The molecule has 0 aromatic heterocycles. The molecule has 3 nitrogen and oxygen atoms in total. The van der Waals surface area contributed by atoms with Gasteiger partial charge in [0.15, 0.2) is 0 Å². The molecule has 4 heteroatoms. The van der Waals surface area contributed by atoms with E-state index < -0.39 is 6.04 Å². The first-order valence-corrected chi connectivity index (χ1v) is 6.81. The summed E-state index contributed by atoms with van der Waals surface area (Å²) in [5, 5.41) is 2.82. The zero-order valence-electron chi connectivity index (χ0n) is 10.3. The van der Waals surface area contributed by atoms with Crippen LogP contribution in [0.1, 0.15) is 5.56 Å². The Labute approximate surface area is 121 Å². The second-order valence-corrected chi connectivity index (χ2v) is 5.12. The third kappa shape index (κ3) is 3.91. The van der Waals surface area contributed by atoms with E-state index >= 15 is 0 Å². The number of hydrogen-bond acceptors (Lipinski definition) is 2. The van der Waals surface area contributed by atoms with Gasteiger partial charge in [-0.15, -0.1) is 0 Å². The van der Waals surface area contributed by atoms with Gasteiger partial charge in [-0.25, -0.2) is 0 Å². The van der Waals surface area contributed by atoms with Crippen LogP contribution in [0.15, 0.2) is 59.1 Å². The van der Waals surface area contributed by atoms with Gasteiger partial charge in [-0.05, 0) is 40.0 Å². The maximum Gasteiger partial charge on any atom is 0.241 e. The molecule has 19 heavy (non-hydrogen) atoms. The van der Waals surface area contributed by atoms with Gasteiger partial charge in [0.25, 0.3) is 0 Å². The molecule has 2 aromatic rings. The molecule has 0 radical (unpaired) electrons. The van der Waals surface area contributed by atoms with E-state index in [9.17, 15) is 4.79 Å². The number of hydrogen-bond donors (Lipinski definition) is 2. The highest BCUT2D eigenvalue weighted by Gasteiger charge is 2.14. The van der Waals surface area contributed by atoms with Crippen molar-refractivity contribution in [3.8, 4) is 0 Å². The molecule has 2 rings (SSSR count). The minimum Gasteiger partial charge on any atom is -0.324 e. The van der Waals surface area contributed by atoms with Gasteiger partial charge in [-0.2, -0.15) is 0 Å². The molecule has 0 spiro atoms. The zero-order valence-corrected chi connectivity index (χ0v) is 11.9. The number of anilines is 1. The summed E-state index contributed by atoms with van der Waals surface area (Å²) >= 11 is 3.39. The molecule has 0 aliphatic heterocycles. The molecule has 1 atom stereocenters. The van der Waals surface area contributed by atoms with Crippen LogP contribution in [-0.2, 0) is 11.2 Å². The van der Waals surface area contributed by atoms with Crippen molar-refractivity contribution < 1.29 is 4.79 Å². The van der Waals surface area contributed by atoms with E-state index in [0.717, 1.165) is 15.7 Å².